The Bertz CT molecular complexity index is 764. The first-order chi connectivity index (χ1) is 13.8. The molecule has 0 bridgehead atoms. The van der Waals surface area contributed by atoms with Crippen LogP contribution in [0.1, 0.15) is 18.1 Å². The summed E-state index contributed by atoms with van der Waals surface area (Å²) in [6, 6.07) is 16.9. The number of anilines is 1. The third kappa shape index (κ3) is 7.62. The van der Waals surface area contributed by atoms with Crippen LogP contribution in [0.5, 0.6) is 5.75 Å². The van der Waals surface area contributed by atoms with E-state index in [1.54, 1.807) is 7.11 Å². The number of nitrogens with zero attached hydrogens (tertiary/aromatic N) is 2. The van der Waals surface area contributed by atoms with Crippen LogP contribution >= 0.6 is 35.7 Å². The topological polar surface area (TPSA) is 48.9 Å². The number of hydrogen-bond acceptors (Lipinski definition) is 4. The van der Waals surface area contributed by atoms with Gasteiger partial charge in [0.1, 0.15) is 5.75 Å². The van der Waals surface area contributed by atoms with Crippen LogP contribution in [0.2, 0.25) is 0 Å². The quantitative estimate of drug-likeness (QED) is 0.323. The monoisotopic (exact) mass is 526 g/mol. The smallest absolute Gasteiger partial charge is 0.191 e. The Labute approximate surface area is 195 Å². The Balaban J connectivity index is 0.00000300. The van der Waals surface area contributed by atoms with Crippen molar-refractivity contribution in [3.05, 3.63) is 59.7 Å². The maximum atomic E-state index is 5.28. The zero-order chi connectivity index (χ0) is 19.6. The lowest BCUT2D eigenvalue weighted by Crippen LogP contribution is -2.36. The Kier molecular flexibility index (Phi) is 10.5. The fraction of sp³-hybridized carbons (Fsp3) is 0.409. The van der Waals surface area contributed by atoms with Crippen molar-refractivity contribution < 1.29 is 4.74 Å². The van der Waals surface area contributed by atoms with Crippen LogP contribution < -0.4 is 20.3 Å². The Morgan fingerprint density at radius 2 is 1.83 bits per heavy atom. The lowest BCUT2D eigenvalue weighted by atomic mass is 10.2. The number of benzene rings is 2. The average Bonchev–Trinajstić information content (AvgIpc) is 2.77. The van der Waals surface area contributed by atoms with Gasteiger partial charge in [0.15, 0.2) is 5.96 Å². The molecule has 0 unspecified atom stereocenters. The number of thioether (sulfide) groups is 1. The van der Waals surface area contributed by atoms with Gasteiger partial charge in [0.25, 0.3) is 0 Å². The van der Waals surface area contributed by atoms with E-state index >= 15 is 0 Å². The first-order valence-corrected chi connectivity index (χ1v) is 11.0. The van der Waals surface area contributed by atoms with E-state index in [4.69, 9.17) is 9.73 Å². The number of aliphatic imine (C=N–C) groups is 1. The maximum Gasteiger partial charge on any atom is 0.191 e. The fourth-order valence-corrected chi connectivity index (χ4v) is 4.02. The van der Waals surface area contributed by atoms with Crippen molar-refractivity contribution in [1.29, 1.82) is 0 Å². The SMILES string of the molecule is CCNC(=NCc1cccc(OC)c1)NCc1ccc(N2CCSCC2)cc1.I. The number of nitrogens with one attached hydrogen (secondary N) is 2. The molecule has 5 nitrogen and oxygen atoms in total. The first-order valence-electron chi connectivity index (χ1n) is 9.85. The van der Waals surface area contributed by atoms with Crippen LogP contribution in [0, 0.1) is 0 Å². The molecule has 0 atom stereocenters. The van der Waals surface area contributed by atoms with Gasteiger partial charge in [-0.15, -0.1) is 24.0 Å². The van der Waals surface area contributed by atoms with Crippen molar-refractivity contribution in [2.45, 2.75) is 20.0 Å². The summed E-state index contributed by atoms with van der Waals surface area (Å²) in [6.07, 6.45) is 0. The molecule has 29 heavy (non-hydrogen) atoms. The van der Waals surface area contributed by atoms with E-state index in [9.17, 15) is 0 Å². The summed E-state index contributed by atoms with van der Waals surface area (Å²) in [7, 11) is 1.68. The van der Waals surface area contributed by atoms with E-state index in [0.29, 0.717) is 6.54 Å². The number of methoxy groups -OCH3 is 1. The van der Waals surface area contributed by atoms with Crippen molar-refractivity contribution >= 4 is 47.4 Å². The first kappa shape index (κ1) is 23.7. The van der Waals surface area contributed by atoms with E-state index in [1.165, 1.54) is 22.8 Å². The molecule has 2 N–H and O–H groups in total. The van der Waals surface area contributed by atoms with E-state index < -0.39 is 0 Å². The van der Waals surface area contributed by atoms with Gasteiger partial charge in [0.2, 0.25) is 0 Å². The van der Waals surface area contributed by atoms with Crippen LogP contribution in [0.25, 0.3) is 0 Å². The largest absolute Gasteiger partial charge is 0.497 e. The van der Waals surface area contributed by atoms with Gasteiger partial charge in [-0.05, 0) is 42.3 Å². The molecular formula is C22H31IN4OS. The molecular weight excluding hydrogens is 495 g/mol. The van der Waals surface area contributed by atoms with Gasteiger partial charge >= 0.3 is 0 Å². The molecule has 1 saturated heterocycles. The highest BCUT2D eigenvalue weighted by molar-refractivity contribution is 14.0. The summed E-state index contributed by atoms with van der Waals surface area (Å²) in [4.78, 5) is 7.16. The average molecular weight is 526 g/mol. The van der Waals surface area contributed by atoms with Crippen molar-refractivity contribution in [3.8, 4) is 5.75 Å². The van der Waals surface area contributed by atoms with E-state index in [2.05, 4.69) is 52.8 Å². The molecule has 2 aromatic rings. The Hall–Kier alpha value is -1.61. The molecule has 0 aromatic heterocycles. The lowest BCUT2D eigenvalue weighted by molar-refractivity contribution is 0.414. The lowest BCUT2D eigenvalue weighted by Gasteiger charge is -2.28. The van der Waals surface area contributed by atoms with Crippen molar-refractivity contribution in [1.82, 2.24) is 10.6 Å². The Morgan fingerprint density at radius 3 is 2.52 bits per heavy atom. The maximum absolute atomic E-state index is 5.28. The van der Waals surface area contributed by atoms with Gasteiger partial charge in [-0.3, -0.25) is 0 Å². The predicted octanol–water partition coefficient (Wildman–Crippen LogP) is 4.12. The second-order valence-electron chi connectivity index (χ2n) is 6.67. The molecule has 7 heteroatoms. The molecule has 0 spiro atoms. The van der Waals surface area contributed by atoms with Crippen LogP contribution in [-0.2, 0) is 13.1 Å². The Morgan fingerprint density at radius 1 is 1.07 bits per heavy atom. The molecule has 0 aliphatic carbocycles. The van der Waals surface area contributed by atoms with E-state index in [0.717, 1.165) is 43.5 Å². The van der Waals surface area contributed by atoms with Crippen molar-refractivity contribution in [3.63, 3.8) is 0 Å². The van der Waals surface area contributed by atoms with E-state index in [-0.39, 0.29) is 24.0 Å². The second-order valence-corrected chi connectivity index (χ2v) is 7.89. The van der Waals surface area contributed by atoms with Gasteiger partial charge in [-0.25, -0.2) is 4.99 Å². The predicted molar refractivity (Wildman–Crippen MR) is 136 cm³/mol. The molecule has 0 saturated carbocycles. The van der Waals surface area contributed by atoms with Crippen LogP contribution in [0.15, 0.2) is 53.5 Å². The zero-order valence-corrected chi connectivity index (χ0v) is 20.3. The second kappa shape index (κ2) is 12.8. The third-order valence-corrected chi connectivity index (χ3v) is 5.61. The summed E-state index contributed by atoms with van der Waals surface area (Å²) in [6.45, 7) is 6.55. The molecule has 1 heterocycles. The van der Waals surface area contributed by atoms with Crippen LogP contribution in [0.4, 0.5) is 5.69 Å². The van der Waals surface area contributed by atoms with Gasteiger partial charge in [0.05, 0.1) is 13.7 Å². The third-order valence-electron chi connectivity index (χ3n) is 4.67. The van der Waals surface area contributed by atoms with Crippen molar-refractivity contribution in [2.75, 3.05) is 43.1 Å². The number of hydrogen-bond donors (Lipinski definition) is 2. The standard InChI is InChI=1S/C22H30N4OS.HI/c1-3-23-22(25-17-19-5-4-6-21(15-19)27-2)24-16-18-7-9-20(10-8-18)26-11-13-28-14-12-26;/h4-10,15H,3,11-14,16-17H2,1-2H3,(H2,23,24,25);1H. The number of ether oxygens (including phenoxy) is 1. The van der Waals surface area contributed by atoms with Gasteiger partial charge in [0, 0.05) is 43.4 Å². The highest BCUT2D eigenvalue weighted by Crippen LogP contribution is 2.20. The summed E-state index contributed by atoms with van der Waals surface area (Å²) in [5.41, 5.74) is 3.70. The normalized spacial score (nSPS) is 14.1. The van der Waals surface area contributed by atoms with Gasteiger partial charge in [-0.1, -0.05) is 24.3 Å². The minimum atomic E-state index is 0. The highest BCUT2D eigenvalue weighted by atomic mass is 127. The van der Waals surface area contributed by atoms with Gasteiger partial charge < -0.3 is 20.3 Å². The number of guanidine groups is 1. The highest BCUT2D eigenvalue weighted by Gasteiger charge is 2.10. The summed E-state index contributed by atoms with van der Waals surface area (Å²) in [5.74, 6) is 4.12. The van der Waals surface area contributed by atoms with E-state index in [1.807, 2.05) is 30.0 Å². The van der Waals surface area contributed by atoms with Crippen molar-refractivity contribution in [2.24, 2.45) is 4.99 Å². The fourth-order valence-electron chi connectivity index (χ4n) is 3.11. The molecule has 158 valence electrons. The molecule has 1 aliphatic heterocycles. The molecule has 0 radical (unpaired) electrons. The van der Waals surface area contributed by atoms with Crippen LogP contribution in [-0.4, -0.2) is 44.2 Å². The zero-order valence-electron chi connectivity index (χ0n) is 17.2. The van der Waals surface area contributed by atoms with Gasteiger partial charge in [-0.2, -0.15) is 11.8 Å². The molecule has 0 amide bonds. The number of halogens is 1. The minimum absolute atomic E-state index is 0. The molecule has 1 fully saturated rings. The minimum Gasteiger partial charge on any atom is -0.497 e. The summed E-state index contributed by atoms with van der Waals surface area (Å²) < 4.78 is 5.28. The van der Waals surface area contributed by atoms with Crippen LogP contribution in [0.3, 0.4) is 0 Å². The number of rotatable bonds is 7. The molecule has 1 aliphatic rings. The molecule has 3 rings (SSSR count). The summed E-state index contributed by atoms with van der Waals surface area (Å²) in [5, 5.41) is 6.74. The molecule has 2 aromatic carbocycles. The summed E-state index contributed by atoms with van der Waals surface area (Å²) >= 11 is 2.04.